The fourth-order valence-corrected chi connectivity index (χ4v) is 2.24. The van der Waals surface area contributed by atoms with Crippen LogP contribution in [0, 0.1) is 0 Å². The molecule has 0 N–H and O–H groups in total. The summed E-state index contributed by atoms with van der Waals surface area (Å²) in [4.78, 5) is 13.4. The molecule has 0 bridgehead atoms. The molecule has 0 aromatic heterocycles. The monoisotopic (exact) mass is 361 g/mol. The molecule has 1 fully saturated rings. The Morgan fingerprint density at radius 3 is 2.65 bits per heavy atom. The predicted molar refractivity (Wildman–Crippen MR) is 81.4 cm³/mol. The van der Waals surface area contributed by atoms with Crippen LogP contribution in [-0.2, 0) is 4.74 Å². The van der Waals surface area contributed by atoms with E-state index >= 15 is 0 Å². The molecule has 1 amide bonds. The SMILES string of the molecule is CC(C)(C)OC(=O)N1CC(Oc2cc(Br)ccc2Cl)C1. The zero-order chi connectivity index (χ0) is 14.9. The van der Waals surface area contributed by atoms with E-state index in [2.05, 4.69) is 15.9 Å². The highest BCUT2D eigenvalue weighted by atomic mass is 79.9. The Kier molecular flexibility index (Phi) is 4.49. The lowest BCUT2D eigenvalue weighted by atomic mass is 10.1. The summed E-state index contributed by atoms with van der Waals surface area (Å²) in [6.07, 6.45) is -0.355. The molecule has 1 aromatic rings. The van der Waals surface area contributed by atoms with Crippen molar-refractivity contribution in [2.75, 3.05) is 13.1 Å². The van der Waals surface area contributed by atoms with Crippen molar-refractivity contribution in [3.8, 4) is 5.75 Å². The molecule has 0 aliphatic carbocycles. The molecule has 1 heterocycles. The van der Waals surface area contributed by atoms with Gasteiger partial charge in [0.05, 0.1) is 18.1 Å². The van der Waals surface area contributed by atoms with E-state index in [0.717, 1.165) is 4.47 Å². The number of hydrogen-bond acceptors (Lipinski definition) is 3. The Morgan fingerprint density at radius 2 is 2.05 bits per heavy atom. The van der Waals surface area contributed by atoms with E-state index in [-0.39, 0.29) is 12.2 Å². The van der Waals surface area contributed by atoms with Crippen LogP contribution in [0.4, 0.5) is 4.79 Å². The standard InChI is InChI=1S/C14H17BrClNO3/c1-14(2,3)20-13(18)17-7-10(8-17)19-12-6-9(15)4-5-11(12)16/h4-6,10H,7-8H2,1-3H3. The van der Waals surface area contributed by atoms with Gasteiger partial charge in [0.1, 0.15) is 17.5 Å². The van der Waals surface area contributed by atoms with Crippen molar-refractivity contribution in [1.29, 1.82) is 0 Å². The summed E-state index contributed by atoms with van der Waals surface area (Å²) < 4.78 is 11.9. The topological polar surface area (TPSA) is 38.8 Å². The third-order valence-corrected chi connectivity index (χ3v) is 3.49. The number of likely N-dealkylation sites (tertiary alicyclic amines) is 1. The maximum Gasteiger partial charge on any atom is 0.410 e. The molecule has 1 aliphatic heterocycles. The Hall–Kier alpha value is -0.940. The van der Waals surface area contributed by atoms with E-state index in [1.54, 1.807) is 11.0 Å². The van der Waals surface area contributed by atoms with Gasteiger partial charge in [-0.05, 0) is 39.0 Å². The van der Waals surface area contributed by atoms with Crippen molar-refractivity contribution in [1.82, 2.24) is 4.90 Å². The number of carbonyl (C=O) groups is 1. The van der Waals surface area contributed by atoms with Gasteiger partial charge in [0.2, 0.25) is 0 Å². The fourth-order valence-electron chi connectivity index (χ4n) is 1.74. The normalized spacial score (nSPS) is 15.8. The van der Waals surface area contributed by atoms with Gasteiger partial charge in [0.25, 0.3) is 0 Å². The highest BCUT2D eigenvalue weighted by Crippen LogP contribution is 2.30. The molecule has 0 saturated carbocycles. The molecule has 2 rings (SSSR count). The Morgan fingerprint density at radius 1 is 1.40 bits per heavy atom. The average Bonchev–Trinajstić information content (AvgIpc) is 2.24. The molecule has 0 atom stereocenters. The summed E-state index contributed by atoms with van der Waals surface area (Å²) in [6.45, 7) is 6.56. The molecule has 0 spiro atoms. The summed E-state index contributed by atoms with van der Waals surface area (Å²) in [7, 11) is 0. The zero-order valence-electron chi connectivity index (χ0n) is 11.7. The van der Waals surface area contributed by atoms with Crippen LogP contribution in [0.2, 0.25) is 5.02 Å². The minimum Gasteiger partial charge on any atom is -0.485 e. The third-order valence-electron chi connectivity index (χ3n) is 2.69. The molecular weight excluding hydrogens is 346 g/mol. The first-order chi connectivity index (χ1) is 9.24. The maximum absolute atomic E-state index is 11.8. The van der Waals surface area contributed by atoms with Gasteiger partial charge >= 0.3 is 6.09 Å². The first kappa shape index (κ1) is 15.4. The van der Waals surface area contributed by atoms with Crippen LogP contribution in [0.15, 0.2) is 22.7 Å². The van der Waals surface area contributed by atoms with Crippen LogP contribution in [0.1, 0.15) is 20.8 Å². The van der Waals surface area contributed by atoms with Gasteiger partial charge in [-0.25, -0.2) is 4.79 Å². The van der Waals surface area contributed by atoms with Crippen LogP contribution in [0.25, 0.3) is 0 Å². The zero-order valence-corrected chi connectivity index (χ0v) is 14.0. The number of ether oxygens (including phenoxy) is 2. The molecule has 1 aliphatic rings. The summed E-state index contributed by atoms with van der Waals surface area (Å²) >= 11 is 9.43. The highest BCUT2D eigenvalue weighted by molar-refractivity contribution is 9.10. The van der Waals surface area contributed by atoms with Crippen molar-refractivity contribution in [3.63, 3.8) is 0 Å². The molecular formula is C14H17BrClNO3. The Labute approximate surface area is 132 Å². The van der Waals surface area contributed by atoms with Gasteiger partial charge < -0.3 is 14.4 Å². The first-order valence-electron chi connectivity index (χ1n) is 6.34. The van der Waals surface area contributed by atoms with Crippen LogP contribution < -0.4 is 4.74 Å². The van der Waals surface area contributed by atoms with Crippen LogP contribution in [0.3, 0.4) is 0 Å². The van der Waals surface area contributed by atoms with E-state index in [1.807, 2.05) is 32.9 Å². The van der Waals surface area contributed by atoms with E-state index in [1.165, 1.54) is 0 Å². The number of amides is 1. The van der Waals surface area contributed by atoms with Crippen molar-refractivity contribution in [2.45, 2.75) is 32.5 Å². The molecule has 0 unspecified atom stereocenters. The van der Waals surface area contributed by atoms with Gasteiger partial charge in [0, 0.05) is 4.47 Å². The van der Waals surface area contributed by atoms with Crippen LogP contribution >= 0.6 is 27.5 Å². The summed E-state index contributed by atoms with van der Waals surface area (Å²) in [5.41, 5.74) is -0.476. The number of carbonyl (C=O) groups excluding carboxylic acids is 1. The molecule has 6 heteroatoms. The van der Waals surface area contributed by atoms with Crippen molar-refractivity contribution in [2.24, 2.45) is 0 Å². The second-order valence-corrected chi connectivity index (χ2v) is 7.02. The van der Waals surface area contributed by atoms with Gasteiger partial charge in [-0.2, -0.15) is 0 Å². The molecule has 1 saturated heterocycles. The van der Waals surface area contributed by atoms with Crippen LogP contribution in [0.5, 0.6) is 5.75 Å². The Bertz CT molecular complexity index is 510. The van der Waals surface area contributed by atoms with E-state index in [4.69, 9.17) is 21.1 Å². The number of benzene rings is 1. The first-order valence-corrected chi connectivity index (χ1v) is 7.51. The summed E-state index contributed by atoms with van der Waals surface area (Å²) in [5, 5.41) is 0.559. The van der Waals surface area contributed by atoms with E-state index in [9.17, 15) is 4.79 Å². The quantitative estimate of drug-likeness (QED) is 0.795. The second-order valence-electron chi connectivity index (χ2n) is 5.70. The minimum absolute atomic E-state index is 0.0469. The summed E-state index contributed by atoms with van der Waals surface area (Å²) in [5.74, 6) is 0.620. The van der Waals surface area contributed by atoms with Gasteiger partial charge in [0.15, 0.2) is 0 Å². The molecule has 0 radical (unpaired) electrons. The smallest absolute Gasteiger partial charge is 0.410 e. The lowest BCUT2D eigenvalue weighted by Gasteiger charge is -2.39. The summed E-state index contributed by atoms with van der Waals surface area (Å²) in [6, 6.07) is 5.44. The lowest BCUT2D eigenvalue weighted by Crippen LogP contribution is -2.57. The van der Waals surface area contributed by atoms with Gasteiger partial charge in [-0.3, -0.25) is 0 Å². The van der Waals surface area contributed by atoms with Gasteiger partial charge in [-0.1, -0.05) is 27.5 Å². The number of hydrogen-bond donors (Lipinski definition) is 0. The van der Waals surface area contributed by atoms with Crippen molar-refractivity contribution < 1.29 is 14.3 Å². The maximum atomic E-state index is 11.8. The predicted octanol–water partition coefficient (Wildman–Crippen LogP) is 4.10. The second kappa shape index (κ2) is 5.82. The fraction of sp³-hybridized carbons (Fsp3) is 0.500. The van der Waals surface area contributed by atoms with E-state index < -0.39 is 5.60 Å². The number of rotatable bonds is 2. The van der Waals surface area contributed by atoms with E-state index in [0.29, 0.717) is 23.9 Å². The molecule has 1 aromatic carbocycles. The molecule has 110 valence electrons. The van der Waals surface area contributed by atoms with Crippen molar-refractivity contribution in [3.05, 3.63) is 27.7 Å². The molecule has 4 nitrogen and oxygen atoms in total. The van der Waals surface area contributed by atoms with Crippen LogP contribution in [-0.4, -0.2) is 35.8 Å². The van der Waals surface area contributed by atoms with Crippen molar-refractivity contribution >= 4 is 33.6 Å². The highest BCUT2D eigenvalue weighted by Gasteiger charge is 2.35. The Balaban J connectivity index is 1.85. The molecule has 20 heavy (non-hydrogen) atoms. The minimum atomic E-state index is -0.476. The average molecular weight is 363 g/mol. The third kappa shape index (κ3) is 4.03. The van der Waals surface area contributed by atoms with Gasteiger partial charge in [-0.15, -0.1) is 0 Å². The lowest BCUT2D eigenvalue weighted by molar-refractivity contribution is -0.0221. The largest absolute Gasteiger partial charge is 0.485 e. The number of halogens is 2. The number of nitrogens with zero attached hydrogens (tertiary/aromatic N) is 1.